The van der Waals surface area contributed by atoms with E-state index in [0.717, 1.165) is 0 Å². The number of aromatic nitrogens is 1. The van der Waals surface area contributed by atoms with Crippen molar-refractivity contribution in [1.82, 2.24) is 4.98 Å². The van der Waals surface area contributed by atoms with Gasteiger partial charge < -0.3 is 0 Å². The highest BCUT2D eigenvalue weighted by Gasteiger charge is 2.03. The summed E-state index contributed by atoms with van der Waals surface area (Å²) in [4.78, 5) is 4.60. The highest BCUT2D eigenvalue weighted by atomic mass is 31.1. The Bertz CT molecular complexity index is 233. The quantitative estimate of drug-likeness (QED) is 0.639. The minimum atomic E-state index is -0.0477. The van der Waals surface area contributed by atoms with E-state index in [1.807, 2.05) is 0 Å². The summed E-state index contributed by atoms with van der Waals surface area (Å²) in [6.07, 6.45) is 0. The van der Waals surface area contributed by atoms with Crippen LogP contribution in [-0.2, 0) is 0 Å². The van der Waals surface area contributed by atoms with Crippen molar-refractivity contribution < 1.29 is 0 Å². The van der Waals surface area contributed by atoms with Gasteiger partial charge in [-0.2, -0.15) is 0 Å². The predicted molar refractivity (Wildman–Crippen MR) is 56.7 cm³/mol. The Morgan fingerprint density at radius 3 is 2.42 bits per heavy atom. The van der Waals surface area contributed by atoms with Crippen molar-refractivity contribution in [2.45, 2.75) is 19.8 Å². The van der Waals surface area contributed by atoms with E-state index in [1.165, 1.54) is 11.1 Å². The first-order chi connectivity index (χ1) is 5.61. The van der Waals surface area contributed by atoms with Gasteiger partial charge in [-0.15, -0.1) is 0 Å². The molecule has 0 radical (unpaired) electrons. The lowest BCUT2D eigenvalue weighted by Crippen LogP contribution is -2.08. The molecule has 1 aromatic rings. The van der Waals surface area contributed by atoms with E-state index in [4.69, 9.17) is 0 Å². The van der Waals surface area contributed by atoms with Gasteiger partial charge in [-0.3, -0.25) is 4.98 Å². The summed E-state index contributed by atoms with van der Waals surface area (Å²) in [5, 5.41) is 0. The van der Waals surface area contributed by atoms with Gasteiger partial charge in [0.2, 0.25) is 0 Å². The number of nitrogens with zero attached hydrogens (tertiary/aromatic N) is 1. The van der Waals surface area contributed by atoms with E-state index in [9.17, 15) is 0 Å². The van der Waals surface area contributed by atoms with Crippen molar-refractivity contribution in [3.8, 4) is 0 Å². The molecule has 1 aromatic heterocycles. The van der Waals surface area contributed by atoms with Gasteiger partial charge in [-0.25, -0.2) is 0 Å². The molecular weight excluding hydrogens is 165 g/mol. The maximum Gasteiger partial charge on any atom is 0.0629 e. The molecule has 0 amide bonds. The lowest BCUT2D eigenvalue weighted by molar-refractivity contribution is 0.827. The maximum atomic E-state index is 4.60. The van der Waals surface area contributed by atoms with Crippen LogP contribution >= 0.6 is 7.92 Å². The van der Waals surface area contributed by atoms with Crippen molar-refractivity contribution in [2.75, 3.05) is 13.3 Å². The van der Waals surface area contributed by atoms with Gasteiger partial charge in [0.1, 0.15) is 0 Å². The van der Waals surface area contributed by atoms with Crippen LogP contribution in [-0.4, -0.2) is 18.3 Å². The summed E-state index contributed by atoms with van der Waals surface area (Å²) in [6.45, 7) is 8.84. The molecule has 12 heavy (non-hydrogen) atoms. The number of hydrogen-bond acceptors (Lipinski definition) is 1. The molecule has 1 nitrogen and oxygen atoms in total. The minimum Gasteiger partial charge on any atom is -0.253 e. The van der Waals surface area contributed by atoms with Crippen LogP contribution in [0.4, 0.5) is 0 Å². The number of hydrogen-bond donors (Lipinski definition) is 0. The Morgan fingerprint density at radius 2 is 1.92 bits per heavy atom. The van der Waals surface area contributed by atoms with Gasteiger partial charge in [0, 0.05) is 5.69 Å². The molecule has 2 heteroatoms. The largest absolute Gasteiger partial charge is 0.253 e. The van der Waals surface area contributed by atoms with Crippen molar-refractivity contribution in [3.63, 3.8) is 0 Å². The summed E-state index contributed by atoms with van der Waals surface area (Å²) in [6, 6.07) is 6.34. The van der Waals surface area contributed by atoms with Crippen molar-refractivity contribution >= 4 is 13.4 Å². The van der Waals surface area contributed by atoms with Gasteiger partial charge in [-0.1, -0.05) is 27.8 Å². The standard InChI is InChI=1S/C10H16NP/c1-8(2)9-6-5-7-10(11-9)12(3)4/h5-8H,1-4H3. The van der Waals surface area contributed by atoms with E-state index >= 15 is 0 Å². The van der Waals surface area contributed by atoms with E-state index < -0.39 is 0 Å². The Balaban J connectivity index is 2.96. The fraction of sp³-hybridized carbons (Fsp3) is 0.500. The average molecular weight is 181 g/mol. The molecule has 0 unspecified atom stereocenters. The van der Waals surface area contributed by atoms with Crippen LogP contribution in [0.5, 0.6) is 0 Å². The van der Waals surface area contributed by atoms with E-state index in [0.29, 0.717) is 5.92 Å². The summed E-state index contributed by atoms with van der Waals surface area (Å²) >= 11 is 0. The van der Waals surface area contributed by atoms with Gasteiger partial charge in [0.05, 0.1) is 5.44 Å². The molecular formula is C10H16NP. The van der Waals surface area contributed by atoms with Gasteiger partial charge in [0.25, 0.3) is 0 Å². The summed E-state index contributed by atoms with van der Waals surface area (Å²) in [7, 11) is -0.0477. The maximum absolute atomic E-state index is 4.60. The third-order valence-corrected chi connectivity index (χ3v) is 2.97. The third-order valence-electron chi connectivity index (χ3n) is 1.81. The molecule has 66 valence electrons. The molecule has 0 saturated carbocycles. The predicted octanol–water partition coefficient (Wildman–Crippen LogP) is 2.57. The van der Waals surface area contributed by atoms with Crippen molar-refractivity contribution in [1.29, 1.82) is 0 Å². The molecule has 0 N–H and O–H groups in total. The van der Waals surface area contributed by atoms with E-state index in [2.05, 4.69) is 50.4 Å². The lowest BCUT2D eigenvalue weighted by atomic mass is 10.1. The molecule has 0 bridgehead atoms. The third kappa shape index (κ3) is 2.28. The van der Waals surface area contributed by atoms with Gasteiger partial charge in [0.15, 0.2) is 0 Å². The monoisotopic (exact) mass is 181 g/mol. The molecule has 1 heterocycles. The summed E-state index contributed by atoms with van der Waals surface area (Å²) < 4.78 is 0. The molecule has 0 aromatic carbocycles. The molecule has 0 saturated heterocycles. The Hall–Kier alpha value is -0.420. The molecule has 0 fully saturated rings. The number of pyridine rings is 1. The first-order valence-corrected chi connectivity index (χ1v) is 6.49. The minimum absolute atomic E-state index is 0.0477. The smallest absolute Gasteiger partial charge is 0.0629 e. The Morgan fingerprint density at radius 1 is 1.25 bits per heavy atom. The average Bonchev–Trinajstić information content (AvgIpc) is 2.04. The second-order valence-electron chi connectivity index (χ2n) is 3.47. The van der Waals surface area contributed by atoms with Crippen LogP contribution < -0.4 is 5.44 Å². The first kappa shape index (κ1) is 9.67. The van der Waals surface area contributed by atoms with E-state index in [-0.39, 0.29) is 7.92 Å². The molecule has 0 atom stereocenters. The SMILES string of the molecule is CC(C)c1cccc(P(C)C)n1. The van der Waals surface area contributed by atoms with Gasteiger partial charge >= 0.3 is 0 Å². The van der Waals surface area contributed by atoms with Gasteiger partial charge in [-0.05, 0) is 31.4 Å². The molecule has 0 aliphatic carbocycles. The fourth-order valence-electron chi connectivity index (χ4n) is 1.01. The topological polar surface area (TPSA) is 12.9 Å². The van der Waals surface area contributed by atoms with Crippen LogP contribution in [0, 0.1) is 0 Å². The zero-order valence-corrected chi connectivity index (χ0v) is 9.10. The molecule has 0 aliphatic rings. The number of rotatable bonds is 2. The highest BCUT2D eigenvalue weighted by molar-refractivity contribution is 7.63. The second kappa shape index (κ2) is 4.00. The summed E-state index contributed by atoms with van der Waals surface area (Å²) in [5.74, 6) is 0.542. The zero-order chi connectivity index (χ0) is 9.14. The van der Waals surface area contributed by atoms with Crippen LogP contribution in [0.2, 0.25) is 0 Å². The Kier molecular flexibility index (Phi) is 3.22. The van der Waals surface area contributed by atoms with Crippen molar-refractivity contribution in [2.24, 2.45) is 0 Å². The van der Waals surface area contributed by atoms with Crippen LogP contribution in [0.25, 0.3) is 0 Å². The molecule has 1 rings (SSSR count). The lowest BCUT2D eigenvalue weighted by Gasteiger charge is -2.09. The van der Waals surface area contributed by atoms with Crippen LogP contribution in [0.3, 0.4) is 0 Å². The second-order valence-corrected chi connectivity index (χ2v) is 5.72. The fourth-order valence-corrected chi connectivity index (χ4v) is 1.71. The highest BCUT2D eigenvalue weighted by Crippen LogP contribution is 2.22. The van der Waals surface area contributed by atoms with Crippen LogP contribution in [0.1, 0.15) is 25.5 Å². The summed E-state index contributed by atoms with van der Waals surface area (Å²) in [5.41, 5.74) is 2.47. The Labute approximate surface area is 76.0 Å². The molecule has 0 aliphatic heterocycles. The molecule has 0 spiro atoms. The normalized spacial score (nSPS) is 11.2. The van der Waals surface area contributed by atoms with Crippen molar-refractivity contribution in [3.05, 3.63) is 23.9 Å². The van der Waals surface area contributed by atoms with E-state index in [1.54, 1.807) is 0 Å². The van der Waals surface area contributed by atoms with Crippen LogP contribution in [0.15, 0.2) is 18.2 Å². The first-order valence-electron chi connectivity index (χ1n) is 4.25. The zero-order valence-electron chi connectivity index (χ0n) is 8.20.